The molecule has 4 aliphatic rings. The SMILES string of the molecule is CCOC(=O)c1ccc(N2C(=O)[C@H]3[C@H]4C[C@@H]([C@@H]3C2=O)[C@H]2[C@H](c3ccc(OCc5ccccc5)cc3)c3sc(=O)[nH]c3S[C@H]42)cc1. The molecule has 228 valence electrons. The van der Waals surface area contributed by atoms with Crippen LogP contribution in [0.5, 0.6) is 5.75 Å². The Balaban J connectivity index is 1.09. The second-order valence-corrected chi connectivity index (χ2v) is 14.3. The number of hydrogen-bond acceptors (Lipinski definition) is 8. The van der Waals surface area contributed by atoms with Gasteiger partial charge >= 0.3 is 10.8 Å². The highest BCUT2D eigenvalue weighted by Gasteiger charge is 2.69. The number of carbonyl (C=O) groups is 3. The van der Waals surface area contributed by atoms with E-state index in [-0.39, 0.29) is 58.1 Å². The molecule has 3 aromatic carbocycles. The molecular weight excluding hydrogens is 609 g/mol. The third-order valence-electron chi connectivity index (χ3n) is 9.85. The molecule has 3 heterocycles. The van der Waals surface area contributed by atoms with Crippen LogP contribution in [0.2, 0.25) is 0 Å². The van der Waals surface area contributed by atoms with Crippen LogP contribution in [0, 0.1) is 29.6 Å². The second kappa shape index (κ2) is 11.0. The van der Waals surface area contributed by atoms with Gasteiger partial charge < -0.3 is 14.5 Å². The summed E-state index contributed by atoms with van der Waals surface area (Å²) in [5.74, 6) is -0.695. The molecule has 2 aliphatic heterocycles. The normalized spacial score (nSPS) is 27.7. The highest BCUT2D eigenvalue weighted by Crippen LogP contribution is 2.68. The molecule has 0 radical (unpaired) electrons. The average molecular weight is 639 g/mol. The van der Waals surface area contributed by atoms with Crippen LogP contribution in [0.25, 0.3) is 0 Å². The standard InChI is InChI=1S/C35H30N2O6S2/c1-2-42-34(40)20-8-12-21(13-9-20)37-32(38)27-23-16-24(28(27)33(37)39)29-26(23)25(30-31(44-29)36-35(41)45-30)19-10-14-22(15-11-19)43-17-18-6-4-3-5-7-18/h3-15,23-29H,2,16-17H2,1H3,(H,36,41)/t23-,24-,25+,26+,27+,28+,29-/m1/s1. The molecule has 7 atom stereocenters. The summed E-state index contributed by atoms with van der Waals surface area (Å²) in [6, 6.07) is 24.6. The van der Waals surface area contributed by atoms with Gasteiger partial charge in [0, 0.05) is 16.0 Å². The molecule has 4 aromatic rings. The van der Waals surface area contributed by atoms with Gasteiger partial charge in [0.15, 0.2) is 0 Å². The number of nitrogens with one attached hydrogen (secondary N) is 1. The van der Waals surface area contributed by atoms with Crippen LogP contribution in [0.15, 0.2) is 88.7 Å². The largest absolute Gasteiger partial charge is 0.489 e. The van der Waals surface area contributed by atoms with Crippen molar-refractivity contribution in [2.75, 3.05) is 11.5 Å². The van der Waals surface area contributed by atoms with Crippen LogP contribution in [0.3, 0.4) is 0 Å². The van der Waals surface area contributed by atoms with Gasteiger partial charge in [-0.3, -0.25) is 19.3 Å². The van der Waals surface area contributed by atoms with Gasteiger partial charge in [-0.15, -0.1) is 11.8 Å². The first-order valence-electron chi connectivity index (χ1n) is 15.2. The first-order valence-corrected chi connectivity index (χ1v) is 16.9. The Kier molecular flexibility index (Phi) is 6.94. The number of aromatic nitrogens is 1. The van der Waals surface area contributed by atoms with Gasteiger partial charge in [0.1, 0.15) is 12.4 Å². The number of imide groups is 1. The molecule has 0 spiro atoms. The Hall–Kier alpha value is -4.15. The first kappa shape index (κ1) is 28.3. The molecule has 2 saturated carbocycles. The van der Waals surface area contributed by atoms with Gasteiger partial charge in [0.05, 0.1) is 34.7 Å². The lowest BCUT2D eigenvalue weighted by Gasteiger charge is -2.43. The van der Waals surface area contributed by atoms with E-state index in [1.807, 2.05) is 42.5 Å². The Morgan fingerprint density at radius 2 is 1.62 bits per heavy atom. The van der Waals surface area contributed by atoms with Crippen LogP contribution < -0.4 is 14.5 Å². The fourth-order valence-electron chi connectivity index (χ4n) is 8.12. The number of aromatic amines is 1. The van der Waals surface area contributed by atoms with Crippen molar-refractivity contribution in [2.45, 2.75) is 36.1 Å². The maximum absolute atomic E-state index is 14.0. The molecule has 8 nitrogen and oxygen atoms in total. The summed E-state index contributed by atoms with van der Waals surface area (Å²) in [6.45, 7) is 2.48. The van der Waals surface area contributed by atoms with Crippen molar-refractivity contribution in [1.82, 2.24) is 4.98 Å². The number of thioether (sulfide) groups is 1. The smallest absolute Gasteiger partial charge is 0.338 e. The Morgan fingerprint density at radius 1 is 0.911 bits per heavy atom. The molecule has 10 heteroatoms. The summed E-state index contributed by atoms with van der Waals surface area (Å²) in [5, 5.41) is 0.990. The molecule has 1 aromatic heterocycles. The van der Waals surface area contributed by atoms with Crippen molar-refractivity contribution in [3.05, 3.63) is 110 Å². The predicted molar refractivity (Wildman–Crippen MR) is 171 cm³/mol. The lowest BCUT2D eigenvalue weighted by atomic mass is 9.68. The van der Waals surface area contributed by atoms with Gasteiger partial charge in [-0.2, -0.15) is 0 Å². The topological polar surface area (TPSA) is 106 Å². The Labute approximate surface area is 267 Å². The summed E-state index contributed by atoms with van der Waals surface area (Å²) in [6.07, 6.45) is 0.818. The monoisotopic (exact) mass is 638 g/mol. The number of benzene rings is 3. The highest BCUT2D eigenvalue weighted by atomic mass is 32.2. The van der Waals surface area contributed by atoms with Gasteiger partial charge in [-0.1, -0.05) is 53.8 Å². The van der Waals surface area contributed by atoms with E-state index in [2.05, 4.69) is 17.1 Å². The van der Waals surface area contributed by atoms with Crippen molar-refractivity contribution >= 4 is 46.6 Å². The fourth-order valence-corrected chi connectivity index (χ4v) is 11.0. The molecule has 8 rings (SSSR count). The van der Waals surface area contributed by atoms with E-state index >= 15 is 0 Å². The van der Waals surface area contributed by atoms with E-state index in [0.29, 0.717) is 17.9 Å². The first-order chi connectivity index (χ1) is 21.9. The zero-order chi connectivity index (χ0) is 30.8. The number of H-pyrrole nitrogens is 1. The van der Waals surface area contributed by atoms with Crippen molar-refractivity contribution in [3.63, 3.8) is 0 Å². The molecule has 3 fully saturated rings. The maximum Gasteiger partial charge on any atom is 0.338 e. The number of anilines is 1. The van der Waals surface area contributed by atoms with Crippen molar-refractivity contribution in [1.29, 1.82) is 0 Å². The minimum absolute atomic E-state index is 0.0158. The summed E-state index contributed by atoms with van der Waals surface area (Å²) < 4.78 is 11.1. The lowest BCUT2D eigenvalue weighted by Crippen LogP contribution is -2.42. The number of fused-ring (bicyclic) bond motifs is 9. The number of hydrogen-bond donors (Lipinski definition) is 1. The molecule has 2 bridgehead atoms. The zero-order valence-corrected chi connectivity index (χ0v) is 26.0. The van der Waals surface area contributed by atoms with Gasteiger partial charge in [-0.05, 0) is 78.6 Å². The van der Waals surface area contributed by atoms with Crippen LogP contribution in [-0.2, 0) is 20.9 Å². The lowest BCUT2D eigenvalue weighted by molar-refractivity contribution is -0.123. The van der Waals surface area contributed by atoms with Crippen molar-refractivity contribution in [2.24, 2.45) is 29.6 Å². The quantitative estimate of drug-likeness (QED) is 0.199. The van der Waals surface area contributed by atoms with E-state index in [1.54, 1.807) is 43.0 Å². The van der Waals surface area contributed by atoms with E-state index in [4.69, 9.17) is 9.47 Å². The van der Waals surface area contributed by atoms with Crippen molar-refractivity contribution < 1.29 is 23.9 Å². The summed E-state index contributed by atoms with van der Waals surface area (Å²) in [4.78, 5) is 58.0. The minimum Gasteiger partial charge on any atom is -0.489 e. The van der Waals surface area contributed by atoms with Crippen LogP contribution in [0.4, 0.5) is 5.69 Å². The van der Waals surface area contributed by atoms with Gasteiger partial charge in [0.25, 0.3) is 0 Å². The number of esters is 1. The van der Waals surface area contributed by atoms with Gasteiger partial charge in [0.2, 0.25) is 11.8 Å². The number of thiazole rings is 1. The fraction of sp³-hybridized carbons (Fsp3) is 0.314. The van der Waals surface area contributed by atoms with Crippen LogP contribution in [-0.4, -0.2) is 34.6 Å². The van der Waals surface area contributed by atoms with Gasteiger partial charge in [-0.25, -0.2) is 4.79 Å². The molecule has 0 unspecified atom stereocenters. The molecule has 1 saturated heterocycles. The predicted octanol–water partition coefficient (Wildman–Crippen LogP) is 5.87. The summed E-state index contributed by atoms with van der Waals surface area (Å²) in [5.41, 5.74) is 3.03. The number of amides is 2. The average Bonchev–Trinajstić information content (AvgIpc) is 3.80. The van der Waals surface area contributed by atoms with Crippen molar-refractivity contribution in [3.8, 4) is 5.75 Å². The van der Waals surface area contributed by atoms with Crippen LogP contribution in [0.1, 0.15) is 45.6 Å². The number of rotatable bonds is 7. The summed E-state index contributed by atoms with van der Waals surface area (Å²) in [7, 11) is 0. The highest BCUT2D eigenvalue weighted by molar-refractivity contribution is 8.00. The van der Waals surface area contributed by atoms with E-state index in [9.17, 15) is 19.2 Å². The maximum atomic E-state index is 14.0. The molecule has 2 aliphatic carbocycles. The van der Waals surface area contributed by atoms with E-state index in [1.165, 1.54) is 16.2 Å². The molecule has 1 N–H and O–H groups in total. The molecular formula is C35H30N2O6S2. The third-order valence-corrected chi connectivity index (χ3v) is 12.4. The minimum atomic E-state index is -0.438. The zero-order valence-electron chi connectivity index (χ0n) is 24.4. The Morgan fingerprint density at radius 3 is 2.33 bits per heavy atom. The number of nitrogens with zero attached hydrogens (tertiary/aromatic N) is 1. The molecule has 2 amide bonds. The van der Waals surface area contributed by atoms with E-state index < -0.39 is 11.9 Å². The molecule has 45 heavy (non-hydrogen) atoms. The third kappa shape index (κ3) is 4.56. The van der Waals surface area contributed by atoms with Crippen LogP contribution >= 0.6 is 23.1 Å². The summed E-state index contributed by atoms with van der Waals surface area (Å²) >= 11 is 2.92. The second-order valence-electron chi connectivity index (χ2n) is 12.1. The Bertz CT molecular complexity index is 1850. The van der Waals surface area contributed by atoms with E-state index in [0.717, 1.165) is 33.2 Å². The number of ether oxygens (including phenoxy) is 2. The number of carbonyl (C=O) groups excluding carboxylic acids is 3.